The van der Waals surface area contributed by atoms with Gasteiger partial charge in [-0.1, -0.05) is 11.2 Å². The third-order valence-corrected chi connectivity index (χ3v) is 2.82. The Bertz CT molecular complexity index is 528. The Morgan fingerprint density at radius 2 is 2.20 bits per heavy atom. The van der Waals surface area contributed by atoms with Crippen molar-refractivity contribution in [1.82, 2.24) is 5.16 Å². The molecule has 0 saturated heterocycles. The lowest BCUT2D eigenvalue weighted by Gasteiger charge is -2.19. The number of aromatic nitrogens is 1. The standard InChI is InChI=1S/C12H12N2O/c1-7-3-8(2)11-10(4-7)12-9(5-13-11)6-14-15-12/h3-4,6,13H,5H2,1-2H3. The summed E-state index contributed by atoms with van der Waals surface area (Å²) in [5.41, 5.74) is 5.94. The van der Waals surface area contributed by atoms with Crippen LogP contribution in [0.2, 0.25) is 0 Å². The van der Waals surface area contributed by atoms with Gasteiger partial charge in [0.2, 0.25) is 0 Å². The number of aryl methyl sites for hydroxylation is 2. The second kappa shape index (κ2) is 2.86. The predicted octanol–water partition coefficient (Wildman–Crippen LogP) is 2.88. The summed E-state index contributed by atoms with van der Waals surface area (Å²) < 4.78 is 5.30. The van der Waals surface area contributed by atoms with Crippen LogP contribution in [-0.4, -0.2) is 5.16 Å². The van der Waals surface area contributed by atoms with Crippen LogP contribution < -0.4 is 5.32 Å². The van der Waals surface area contributed by atoms with E-state index in [4.69, 9.17) is 4.52 Å². The minimum atomic E-state index is 0.801. The summed E-state index contributed by atoms with van der Waals surface area (Å²) in [5, 5.41) is 7.25. The Kier molecular flexibility index (Phi) is 1.63. The van der Waals surface area contributed by atoms with Gasteiger partial charge in [-0.2, -0.15) is 0 Å². The highest BCUT2D eigenvalue weighted by atomic mass is 16.5. The van der Waals surface area contributed by atoms with Crippen molar-refractivity contribution < 1.29 is 4.52 Å². The van der Waals surface area contributed by atoms with Crippen molar-refractivity contribution in [3.63, 3.8) is 0 Å². The average Bonchev–Trinajstić information content (AvgIpc) is 2.65. The first-order chi connectivity index (χ1) is 7.25. The van der Waals surface area contributed by atoms with Gasteiger partial charge in [0.25, 0.3) is 0 Å². The Morgan fingerprint density at radius 1 is 1.33 bits per heavy atom. The van der Waals surface area contributed by atoms with Crippen molar-refractivity contribution in [2.45, 2.75) is 20.4 Å². The highest BCUT2D eigenvalue weighted by Crippen LogP contribution is 2.37. The van der Waals surface area contributed by atoms with Crippen molar-refractivity contribution in [2.75, 3.05) is 5.32 Å². The van der Waals surface area contributed by atoms with Gasteiger partial charge in [-0.25, -0.2) is 0 Å². The lowest BCUT2D eigenvalue weighted by molar-refractivity contribution is 0.431. The van der Waals surface area contributed by atoms with Gasteiger partial charge in [-0.15, -0.1) is 0 Å². The van der Waals surface area contributed by atoms with Gasteiger partial charge in [-0.3, -0.25) is 0 Å². The predicted molar refractivity (Wildman–Crippen MR) is 58.7 cm³/mol. The van der Waals surface area contributed by atoms with Crippen LogP contribution in [0, 0.1) is 13.8 Å². The number of hydrogen-bond acceptors (Lipinski definition) is 3. The third-order valence-electron chi connectivity index (χ3n) is 2.82. The quantitative estimate of drug-likeness (QED) is 0.710. The van der Waals surface area contributed by atoms with E-state index in [1.54, 1.807) is 6.20 Å². The topological polar surface area (TPSA) is 38.1 Å². The number of fused-ring (bicyclic) bond motifs is 3. The monoisotopic (exact) mass is 200 g/mol. The molecule has 0 radical (unpaired) electrons. The molecule has 0 atom stereocenters. The van der Waals surface area contributed by atoms with Crippen LogP contribution in [-0.2, 0) is 6.54 Å². The van der Waals surface area contributed by atoms with Crippen LogP contribution in [0.15, 0.2) is 22.9 Å². The molecule has 0 bridgehead atoms. The summed E-state index contributed by atoms with van der Waals surface area (Å²) in [6.45, 7) is 5.01. The molecule has 0 aliphatic carbocycles. The van der Waals surface area contributed by atoms with E-state index >= 15 is 0 Å². The number of nitrogens with zero attached hydrogens (tertiary/aromatic N) is 1. The van der Waals surface area contributed by atoms with Gasteiger partial charge in [0.1, 0.15) is 0 Å². The second-order valence-electron chi connectivity index (χ2n) is 4.04. The van der Waals surface area contributed by atoms with E-state index in [1.165, 1.54) is 16.8 Å². The maximum Gasteiger partial charge on any atom is 0.173 e. The molecule has 2 heterocycles. The van der Waals surface area contributed by atoms with Crippen LogP contribution in [0.1, 0.15) is 16.7 Å². The SMILES string of the molecule is Cc1cc(C)c2c(c1)-c1oncc1CN2. The zero-order valence-corrected chi connectivity index (χ0v) is 8.79. The number of benzene rings is 1. The van der Waals surface area contributed by atoms with Crippen LogP contribution in [0.4, 0.5) is 5.69 Å². The highest BCUT2D eigenvalue weighted by molar-refractivity contribution is 5.82. The molecule has 1 aliphatic rings. The fourth-order valence-electron chi connectivity index (χ4n) is 2.17. The van der Waals surface area contributed by atoms with E-state index in [1.807, 2.05) is 0 Å². The van der Waals surface area contributed by atoms with Crippen molar-refractivity contribution in [3.8, 4) is 11.3 Å². The van der Waals surface area contributed by atoms with E-state index in [9.17, 15) is 0 Å². The minimum Gasteiger partial charge on any atom is -0.380 e. The molecule has 0 amide bonds. The summed E-state index contributed by atoms with van der Waals surface area (Å²) in [7, 11) is 0. The van der Waals surface area contributed by atoms with E-state index in [0.29, 0.717) is 0 Å². The van der Waals surface area contributed by atoms with E-state index in [-0.39, 0.29) is 0 Å². The Hall–Kier alpha value is -1.77. The first kappa shape index (κ1) is 8.53. The van der Waals surface area contributed by atoms with Crippen molar-refractivity contribution in [1.29, 1.82) is 0 Å². The molecule has 1 aromatic heterocycles. The number of rotatable bonds is 0. The Labute approximate surface area is 88.1 Å². The smallest absolute Gasteiger partial charge is 0.173 e. The molecule has 0 fully saturated rings. The molecule has 3 heteroatoms. The molecule has 1 aromatic carbocycles. The normalized spacial score (nSPS) is 12.9. The zero-order chi connectivity index (χ0) is 10.4. The number of hydrogen-bond donors (Lipinski definition) is 1. The highest BCUT2D eigenvalue weighted by Gasteiger charge is 2.21. The molecular weight excluding hydrogens is 188 g/mol. The Morgan fingerprint density at radius 3 is 3.07 bits per heavy atom. The maximum absolute atomic E-state index is 5.30. The van der Waals surface area contributed by atoms with Gasteiger partial charge in [0.15, 0.2) is 5.76 Å². The fraction of sp³-hybridized carbons (Fsp3) is 0.250. The first-order valence-corrected chi connectivity index (χ1v) is 5.05. The molecule has 3 rings (SSSR count). The fourth-order valence-corrected chi connectivity index (χ4v) is 2.17. The summed E-state index contributed by atoms with van der Waals surface area (Å²) >= 11 is 0. The third kappa shape index (κ3) is 1.16. The molecule has 15 heavy (non-hydrogen) atoms. The van der Waals surface area contributed by atoms with Gasteiger partial charge in [0.05, 0.1) is 6.20 Å². The number of anilines is 1. The van der Waals surface area contributed by atoms with Crippen molar-refractivity contribution >= 4 is 5.69 Å². The summed E-state index contributed by atoms with van der Waals surface area (Å²) in [5.74, 6) is 0.913. The van der Waals surface area contributed by atoms with E-state index < -0.39 is 0 Å². The van der Waals surface area contributed by atoms with Gasteiger partial charge < -0.3 is 9.84 Å². The first-order valence-electron chi connectivity index (χ1n) is 5.05. The molecule has 3 nitrogen and oxygen atoms in total. The Balaban J connectivity index is 2.32. The average molecular weight is 200 g/mol. The minimum absolute atomic E-state index is 0.801. The van der Waals surface area contributed by atoms with Gasteiger partial charge in [-0.05, 0) is 31.0 Å². The number of nitrogens with one attached hydrogen (secondary N) is 1. The summed E-state index contributed by atoms with van der Waals surface area (Å²) in [6.07, 6.45) is 1.78. The molecule has 0 unspecified atom stereocenters. The molecule has 1 aliphatic heterocycles. The van der Waals surface area contributed by atoms with Crippen LogP contribution in [0.3, 0.4) is 0 Å². The van der Waals surface area contributed by atoms with E-state index in [2.05, 4.69) is 36.5 Å². The second-order valence-corrected chi connectivity index (χ2v) is 4.04. The molecule has 76 valence electrons. The van der Waals surface area contributed by atoms with E-state index in [0.717, 1.165) is 23.4 Å². The van der Waals surface area contributed by atoms with Gasteiger partial charge in [0, 0.05) is 23.4 Å². The largest absolute Gasteiger partial charge is 0.380 e. The molecule has 1 N–H and O–H groups in total. The molecule has 0 spiro atoms. The van der Waals surface area contributed by atoms with Gasteiger partial charge >= 0.3 is 0 Å². The van der Waals surface area contributed by atoms with Crippen LogP contribution in [0.5, 0.6) is 0 Å². The summed E-state index contributed by atoms with van der Waals surface area (Å²) in [4.78, 5) is 0. The molecular formula is C12H12N2O. The van der Waals surface area contributed by atoms with Crippen molar-refractivity contribution in [2.24, 2.45) is 0 Å². The lowest BCUT2D eigenvalue weighted by Crippen LogP contribution is -2.08. The molecule has 0 saturated carbocycles. The van der Waals surface area contributed by atoms with Crippen LogP contribution >= 0.6 is 0 Å². The molecule has 2 aromatic rings. The zero-order valence-electron chi connectivity index (χ0n) is 8.79. The van der Waals surface area contributed by atoms with Crippen LogP contribution in [0.25, 0.3) is 11.3 Å². The maximum atomic E-state index is 5.30. The lowest BCUT2D eigenvalue weighted by atomic mass is 9.97. The summed E-state index contributed by atoms with van der Waals surface area (Å²) in [6, 6.07) is 4.31. The van der Waals surface area contributed by atoms with Crippen molar-refractivity contribution in [3.05, 3.63) is 35.0 Å².